The number of nitrogens with one attached hydrogen (secondary N) is 1. The van der Waals surface area contributed by atoms with Gasteiger partial charge in [-0.15, -0.1) is 6.58 Å². The van der Waals surface area contributed by atoms with E-state index in [-0.39, 0.29) is 12.4 Å². The predicted octanol–water partition coefficient (Wildman–Crippen LogP) is 0.356. The van der Waals surface area contributed by atoms with Gasteiger partial charge in [-0.25, -0.2) is 9.55 Å². The smallest absolute Gasteiger partial charge is 0.254 e. The number of H-pyrrole nitrogens is 1. The van der Waals surface area contributed by atoms with E-state index >= 15 is 0 Å². The lowest BCUT2D eigenvalue weighted by Crippen LogP contribution is -3.00. The van der Waals surface area contributed by atoms with Crippen LogP contribution in [0.3, 0.4) is 0 Å². The first kappa shape index (κ1) is 19.2. The Morgan fingerprint density at radius 1 is 1.25 bits per heavy atom. The summed E-state index contributed by atoms with van der Waals surface area (Å²) in [4.78, 5) is 3.30. The van der Waals surface area contributed by atoms with Crippen LogP contribution in [0.4, 0.5) is 0 Å². The predicted molar refractivity (Wildman–Crippen MR) is 78.8 cm³/mol. The van der Waals surface area contributed by atoms with Crippen molar-refractivity contribution in [3.63, 3.8) is 0 Å². The molecule has 1 rings (SSSR count). The van der Waals surface area contributed by atoms with Gasteiger partial charge in [0.15, 0.2) is 5.69 Å². The lowest BCUT2D eigenvalue weighted by atomic mass is 10.1. The Bertz CT molecular complexity index is 375. The minimum absolute atomic E-state index is 0. The van der Waals surface area contributed by atoms with Gasteiger partial charge in [-0.05, 0) is 26.2 Å². The number of halogens is 1. The molecule has 1 aromatic heterocycles. The van der Waals surface area contributed by atoms with Crippen LogP contribution >= 0.6 is 0 Å². The number of aliphatic hydroxyl groups is 1. The van der Waals surface area contributed by atoms with Gasteiger partial charge in [0.1, 0.15) is 12.3 Å². The van der Waals surface area contributed by atoms with Crippen molar-refractivity contribution >= 4 is 0 Å². The zero-order valence-corrected chi connectivity index (χ0v) is 13.6. The summed E-state index contributed by atoms with van der Waals surface area (Å²) in [5.74, 6) is 1.21. The molecule has 0 aliphatic rings. The summed E-state index contributed by atoms with van der Waals surface area (Å²) in [6.07, 6.45) is 13.6. The van der Waals surface area contributed by atoms with E-state index in [0.717, 1.165) is 18.5 Å². The molecular formula is C16H29ClN2O. The summed E-state index contributed by atoms with van der Waals surface area (Å²) in [6.45, 7) is 5.53. The summed E-state index contributed by atoms with van der Waals surface area (Å²) >= 11 is 0. The second-order valence-corrected chi connectivity index (χ2v) is 5.39. The van der Waals surface area contributed by atoms with Crippen LogP contribution in [-0.4, -0.2) is 10.1 Å². The second-order valence-electron chi connectivity index (χ2n) is 5.39. The molecule has 0 saturated carbocycles. The van der Waals surface area contributed by atoms with Crippen molar-refractivity contribution in [3.8, 4) is 0 Å². The van der Waals surface area contributed by atoms with Crippen molar-refractivity contribution in [2.75, 3.05) is 0 Å². The lowest BCUT2D eigenvalue weighted by molar-refractivity contribution is -0.678. The number of hydrogen-bond acceptors (Lipinski definition) is 1. The molecule has 0 amide bonds. The molecule has 0 aliphatic heterocycles. The Kier molecular flexibility index (Phi) is 10.5. The second kappa shape index (κ2) is 10.9. The molecule has 1 heterocycles. The summed E-state index contributed by atoms with van der Waals surface area (Å²) < 4.78 is 2.09. The molecule has 0 aromatic carbocycles. The van der Waals surface area contributed by atoms with E-state index in [2.05, 4.69) is 16.1 Å². The highest BCUT2D eigenvalue weighted by atomic mass is 35.5. The SMILES string of the molecule is C=CCCCCCCCCc1[nH]c(C(C)O)c[n+]1C.[Cl-]. The van der Waals surface area contributed by atoms with Crippen LogP contribution < -0.4 is 17.0 Å². The molecule has 2 N–H and O–H groups in total. The molecule has 1 atom stereocenters. The van der Waals surface area contributed by atoms with Crippen molar-refractivity contribution in [2.45, 2.75) is 64.4 Å². The molecule has 3 nitrogen and oxygen atoms in total. The lowest BCUT2D eigenvalue weighted by Gasteiger charge is -1.99. The molecular weight excluding hydrogens is 272 g/mol. The Morgan fingerprint density at radius 2 is 1.85 bits per heavy atom. The van der Waals surface area contributed by atoms with Crippen LogP contribution in [0.5, 0.6) is 0 Å². The van der Waals surface area contributed by atoms with E-state index in [0.29, 0.717) is 0 Å². The highest BCUT2D eigenvalue weighted by Crippen LogP contribution is 2.11. The normalized spacial score (nSPS) is 11.9. The highest BCUT2D eigenvalue weighted by molar-refractivity contribution is 4.97. The fourth-order valence-corrected chi connectivity index (χ4v) is 2.31. The van der Waals surface area contributed by atoms with Gasteiger partial charge in [0.25, 0.3) is 5.82 Å². The number of nitrogens with zero attached hydrogens (tertiary/aromatic N) is 1. The first-order valence-corrected chi connectivity index (χ1v) is 7.51. The van der Waals surface area contributed by atoms with Gasteiger partial charge in [0.05, 0.1) is 7.05 Å². The first-order chi connectivity index (χ1) is 9.15. The number of hydrogen-bond donors (Lipinski definition) is 2. The molecule has 1 aromatic rings. The Labute approximate surface area is 129 Å². The van der Waals surface area contributed by atoms with Gasteiger partial charge in [-0.1, -0.05) is 31.8 Å². The van der Waals surface area contributed by atoms with Gasteiger partial charge in [-0.2, -0.15) is 0 Å². The van der Waals surface area contributed by atoms with E-state index in [1.165, 1.54) is 44.3 Å². The van der Waals surface area contributed by atoms with Gasteiger partial charge >= 0.3 is 0 Å². The van der Waals surface area contributed by atoms with E-state index in [1.54, 1.807) is 6.92 Å². The number of rotatable bonds is 10. The Morgan fingerprint density at radius 3 is 2.40 bits per heavy atom. The third kappa shape index (κ3) is 7.11. The molecule has 1 unspecified atom stereocenters. The molecule has 0 aliphatic carbocycles. The van der Waals surface area contributed by atoms with Gasteiger partial charge < -0.3 is 17.5 Å². The fraction of sp³-hybridized carbons (Fsp3) is 0.688. The van der Waals surface area contributed by atoms with Crippen molar-refractivity contribution in [2.24, 2.45) is 7.05 Å². The van der Waals surface area contributed by atoms with E-state index in [4.69, 9.17) is 0 Å². The topological polar surface area (TPSA) is 39.9 Å². The largest absolute Gasteiger partial charge is 1.00 e. The first-order valence-electron chi connectivity index (χ1n) is 7.51. The quantitative estimate of drug-likeness (QED) is 0.365. The number of unbranched alkanes of at least 4 members (excludes halogenated alkanes) is 6. The maximum absolute atomic E-state index is 9.52. The molecule has 116 valence electrons. The number of imidazole rings is 1. The van der Waals surface area contributed by atoms with Crippen molar-refractivity contribution < 1.29 is 22.1 Å². The third-order valence-corrected chi connectivity index (χ3v) is 3.57. The maximum Gasteiger partial charge on any atom is 0.254 e. The summed E-state index contributed by atoms with van der Waals surface area (Å²) in [6, 6.07) is 0. The van der Waals surface area contributed by atoms with E-state index in [9.17, 15) is 5.11 Å². The number of allylic oxidation sites excluding steroid dienone is 1. The molecule has 20 heavy (non-hydrogen) atoms. The maximum atomic E-state index is 9.52. The average Bonchev–Trinajstić information content (AvgIpc) is 2.74. The summed E-state index contributed by atoms with van der Waals surface area (Å²) in [5, 5.41) is 9.52. The standard InChI is InChI=1S/C16H28N2O.ClH/c1-4-5-6-7-8-9-10-11-12-16-17-15(14(2)19)13-18(16)3;/h4,13-14,19H,1,5-12H2,2-3H3;1H. The number of aliphatic hydroxyl groups excluding tert-OH is 1. The highest BCUT2D eigenvalue weighted by Gasteiger charge is 2.15. The van der Waals surface area contributed by atoms with Crippen LogP contribution in [-0.2, 0) is 13.5 Å². The van der Waals surface area contributed by atoms with Crippen LogP contribution in [0, 0.1) is 0 Å². The Hall–Kier alpha value is -0.800. The van der Waals surface area contributed by atoms with E-state index in [1.807, 2.05) is 19.3 Å². The molecule has 0 saturated heterocycles. The fourth-order valence-electron chi connectivity index (χ4n) is 2.31. The van der Waals surface area contributed by atoms with Crippen LogP contribution in [0.25, 0.3) is 0 Å². The van der Waals surface area contributed by atoms with E-state index < -0.39 is 6.10 Å². The van der Waals surface area contributed by atoms with Gasteiger partial charge in [-0.3, -0.25) is 0 Å². The number of aromatic amines is 1. The molecule has 0 spiro atoms. The molecule has 0 radical (unpaired) electrons. The van der Waals surface area contributed by atoms with Crippen molar-refractivity contribution in [3.05, 3.63) is 30.4 Å². The third-order valence-electron chi connectivity index (χ3n) is 3.57. The zero-order chi connectivity index (χ0) is 14.1. The van der Waals surface area contributed by atoms with Crippen LogP contribution in [0.2, 0.25) is 0 Å². The Balaban J connectivity index is 0.00000361. The molecule has 4 heteroatoms. The van der Waals surface area contributed by atoms with Crippen molar-refractivity contribution in [1.29, 1.82) is 0 Å². The molecule has 0 bridgehead atoms. The minimum atomic E-state index is -0.412. The minimum Gasteiger partial charge on any atom is -1.00 e. The van der Waals surface area contributed by atoms with Crippen LogP contribution in [0.1, 0.15) is 69.5 Å². The van der Waals surface area contributed by atoms with Gasteiger partial charge in [0, 0.05) is 6.42 Å². The summed E-state index contributed by atoms with van der Waals surface area (Å²) in [5.41, 5.74) is 0.905. The van der Waals surface area contributed by atoms with Crippen molar-refractivity contribution in [1.82, 2.24) is 4.98 Å². The van der Waals surface area contributed by atoms with Crippen LogP contribution in [0.15, 0.2) is 18.9 Å². The number of aromatic nitrogens is 2. The summed E-state index contributed by atoms with van der Waals surface area (Å²) in [7, 11) is 2.03. The molecule has 0 fully saturated rings. The van der Waals surface area contributed by atoms with Gasteiger partial charge in [0.2, 0.25) is 0 Å². The monoisotopic (exact) mass is 300 g/mol. The average molecular weight is 301 g/mol. The zero-order valence-electron chi connectivity index (χ0n) is 12.9. The number of aryl methyl sites for hydroxylation is 2.